The van der Waals surface area contributed by atoms with Crippen molar-refractivity contribution in [2.24, 2.45) is 11.5 Å². The molecule has 5 N–H and O–H groups in total. The summed E-state index contributed by atoms with van der Waals surface area (Å²) >= 11 is 0. The molecule has 0 radical (unpaired) electrons. The number of benzene rings is 5. The molecule has 6 aromatic rings. The van der Waals surface area contributed by atoms with E-state index in [9.17, 15) is 9.59 Å². The van der Waals surface area contributed by atoms with Crippen molar-refractivity contribution < 1.29 is 14.3 Å². The van der Waals surface area contributed by atoms with Gasteiger partial charge >= 0.3 is 5.97 Å². The monoisotopic (exact) mass is 479 g/mol. The normalized spacial score (nSPS) is 14.0. The predicted molar refractivity (Wildman–Crippen MR) is 146 cm³/mol. The average Bonchev–Trinajstić information content (AvgIpc) is 3.27. The van der Waals surface area contributed by atoms with Gasteiger partial charge in [0.05, 0.1) is 13.2 Å². The summed E-state index contributed by atoms with van der Waals surface area (Å²) in [6, 6.07) is 18.0. The second-order valence-corrected chi connectivity index (χ2v) is 9.79. The van der Waals surface area contributed by atoms with Crippen LogP contribution in [0.1, 0.15) is 24.8 Å². The number of rotatable bonds is 9. The minimum atomic E-state index is -0.831. The van der Waals surface area contributed by atoms with Crippen LogP contribution in [0, 0.1) is 0 Å². The predicted octanol–water partition coefficient (Wildman–Crippen LogP) is 4.42. The fraction of sp³-hybridized carbons (Fsp3) is 0.267. The number of carbonyl (C=O) groups is 2. The lowest BCUT2D eigenvalue weighted by Crippen LogP contribution is -2.49. The first-order valence-electron chi connectivity index (χ1n) is 12.5. The zero-order chi connectivity index (χ0) is 25.0. The molecular weight excluding hydrogens is 450 g/mol. The van der Waals surface area contributed by atoms with Crippen LogP contribution in [-0.4, -0.2) is 37.6 Å². The molecule has 36 heavy (non-hydrogen) atoms. The lowest BCUT2D eigenvalue weighted by atomic mass is 9.92. The average molecular weight is 480 g/mol. The van der Waals surface area contributed by atoms with Crippen molar-refractivity contribution >= 4 is 65.7 Å². The number of hydrogen-bond acceptors (Lipinski definition) is 5. The van der Waals surface area contributed by atoms with Gasteiger partial charge in [-0.15, -0.1) is 0 Å². The Morgan fingerprint density at radius 1 is 0.833 bits per heavy atom. The lowest BCUT2D eigenvalue weighted by Gasteiger charge is -2.20. The van der Waals surface area contributed by atoms with E-state index >= 15 is 0 Å². The molecule has 0 saturated carbocycles. The maximum absolute atomic E-state index is 12.8. The van der Waals surface area contributed by atoms with E-state index in [0.29, 0.717) is 19.4 Å². The molecule has 6 heteroatoms. The molecular formula is C30H29N3O3. The van der Waals surface area contributed by atoms with Gasteiger partial charge in [0, 0.05) is 6.42 Å². The summed E-state index contributed by atoms with van der Waals surface area (Å²) < 4.78 is 5.06. The summed E-state index contributed by atoms with van der Waals surface area (Å²) in [4.78, 5) is 25.6. The molecule has 1 amide bonds. The molecule has 6 rings (SSSR count). The Morgan fingerprint density at radius 2 is 1.39 bits per heavy atom. The molecule has 0 aliphatic heterocycles. The largest absolute Gasteiger partial charge is 0.467 e. The van der Waals surface area contributed by atoms with Gasteiger partial charge < -0.3 is 21.5 Å². The van der Waals surface area contributed by atoms with Crippen LogP contribution in [-0.2, 0) is 20.7 Å². The number of hydrogen-bond donors (Lipinski definition) is 3. The number of amides is 1. The molecule has 182 valence electrons. The molecule has 0 heterocycles. The smallest absolute Gasteiger partial charge is 0.328 e. The van der Waals surface area contributed by atoms with Crippen molar-refractivity contribution in [3.63, 3.8) is 0 Å². The van der Waals surface area contributed by atoms with Gasteiger partial charge in [-0.25, -0.2) is 4.79 Å². The topological polar surface area (TPSA) is 107 Å². The first-order chi connectivity index (χ1) is 17.5. The third-order valence-electron chi connectivity index (χ3n) is 7.64. The van der Waals surface area contributed by atoms with Crippen molar-refractivity contribution in [2.75, 3.05) is 13.7 Å². The quantitative estimate of drug-likeness (QED) is 0.162. The van der Waals surface area contributed by atoms with Crippen molar-refractivity contribution in [2.45, 2.75) is 37.8 Å². The second-order valence-electron chi connectivity index (χ2n) is 9.79. The van der Waals surface area contributed by atoms with Crippen LogP contribution >= 0.6 is 0 Å². The van der Waals surface area contributed by atoms with Crippen molar-refractivity contribution in [3.05, 3.63) is 60.2 Å². The minimum Gasteiger partial charge on any atom is -0.467 e. The highest BCUT2D eigenvalue weighted by molar-refractivity contribution is 6.44. The summed E-state index contributed by atoms with van der Waals surface area (Å²) in [6.07, 6.45) is 2.41. The molecule has 0 aromatic heterocycles. The molecule has 0 aliphatic carbocycles. The van der Waals surface area contributed by atoms with E-state index in [0.717, 1.165) is 29.2 Å². The van der Waals surface area contributed by atoms with E-state index < -0.39 is 18.1 Å². The highest BCUT2D eigenvalue weighted by Crippen LogP contribution is 2.48. The zero-order valence-corrected chi connectivity index (χ0v) is 20.3. The summed E-state index contributed by atoms with van der Waals surface area (Å²) in [5, 5.41) is 15.1. The van der Waals surface area contributed by atoms with Crippen molar-refractivity contribution in [3.8, 4) is 0 Å². The number of unbranched alkanes of at least 4 members (excludes halogenated alkanes) is 1. The Hall–Kier alpha value is -3.74. The van der Waals surface area contributed by atoms with Gasteiger partial charge in [-0.3, -0.25) is 4.79 Å². The third kappa shape index (κ3) is 3.40. The van der Waals surface area contributed by atoms with Crippen molar-refractivity contribution in [1.82, 2.24) is 5.32 Å². The van der Waals surface area contributed by atoms with Crippen LogP contribution in [0.2, 0.25) is 0 Å². The van der Waals surface area contributed by atoms with Gasteiger partial charge in [-0.05, 0) is 78.8 Å². The summed E-state index contributed by atoms with van der Waals surface area (Å²) in [5.74, 6) is -0.833. The number of methoxy groups -OCH3 is 1. The Morgan fingerprint density at radius 3 is 2.00 bits per heavy atom. The number of nitrogens with two attached hydrogens (primary N) is 2. The number of esters is 1. The Kier molecular flexibility index (Phi) is 5.51. The van der Waals surface area contributed by atoms with Gasteiger partial charge in [-0.1, -0.05) is 61.0 Å². The van der Waals surface area contributed by atoms with Crippen LogP contribution in [0.15, 0.2) is 54.6 Å². The molecule has 0 fully saturated rings. The fourth-order valence-corrected chi connectivity index (χ4v) is 5.89. The Bertz CT molecular complexity index is 1670. The highest BCUT2D eigenvalue weighted by atomic mass is 16.5. The van der Waals surface area contributed by atoms with Gasteiger partial charge in [0.2, 0.25) is 5.91 Å². The molecule has 0 bridgehead atoms. The first-order valence-corrected chi connectivity index (χ1v) is 12.5. The molecule has 0 aliphatic rings. The SMILES string of the molecule is COC(=O)[C@H](Cc1cc2ccc3ccc4ccc5ccc1c1c5c4c3c21)NC(=O)[C@H](N)CCCCN. The maximum Gasteiger partial charge on any atom is 0.328 e. The molecule has 0 unspecified atom stereocenters. The maximum atomic E-state index is 12.8. The summed E-state index contributed by atoms with van der Waals surface area (Å²) in [7, 11) is 1.34. The zero-order valence-electron chi connectivity index (χ0n) is 20.3. The molecule has 6 aromatic carbocycles. The number of nitrogens with one attached hydrogen (secondary N) is 1. The van der Waals surface area contributed by atoms with E-state index in [1.165, 1.54) is 50.2 Å². The first kappa shape index (κ1) is 22.7. The summed E-state index contributed by atoms with van der Waals surface area (Å²) in [6.45, 7) is 0.561. The highest BCUT2D eigenvalue weighted by Gasteiger charge is 2.27. The van der Waals surface area contributed by atoms with E-state index in [1.807, 2.05) is 0 Å². The lowest BCUT2D eigenvalue weighted by molar-refractivity contribution is -0.145. The van der Waals surface area contributed by atoms with Crippen LogP contribution < -0.4 is 16.8 Å². The van der Waals surface area contributed by atoms with E-state index in [-0.39, 0.29) is 5.91 Å². The van der Waals surface area contributed by atoms with Gasteiger partial charge in [0.25, 0.3) is 0 Å². The van der Waals surface area contributed by atoms with Gasteiger partial charge in [0.15, 0.2) is 0 Å². The third-order valence-corrected chi connectivity index (χ3v) is 7.64. The minimum absolute atomic E-state index is 0.316. The summed E-state index contributed by atoms with van der Waals surface area (Å²) in [5.41, 5.74) is 12.6. The number of ether oxygens (including phenoxy) is 1. The van der Waals surface area contributed by atoms with E-state index in [2.05, 4.69) is 59.9 Å². The van der Waals surface area contributed by atoms with E-state index in [4.69, 9.17) is 16.2 Å². The van der Waals surface area contributed by atoms with Crippen LogP contribution in [0.25, 0.3) is 53.9 Å². The van der Waals surface area contributed by atoms with Crippen LogP contribution in [0.4, 0.5) is 0 Å². The van der Waals surface area contributed by atoms with Crippen LogP contribution in [0.5, 0.6) is 0 Å². The standard InChI is InChI=1S/C30H29N3O3/c1-36-30(35)23(33-29(34)22(32)4-2-3-13-31)15-20-14-19-10-9-17-6-5-16-7-8-18-11-12-21(20)28-26(18)24(16)25(17)27(19)28/h5-12,14,22-23H,2-4,13,15,31-32H2,1H3,(H,33,34)/t22-,23+/m1/s1. The molecule has 0 spiro atoms. The van der Waals surface area contributed by atoms with E-state index in [1.54, 1.807) is 0 Å². The second kappa shape index (κ2) is 8.73. The Labute approximate surface area is 208 Å². The fourth-order valence-electron chi connectivity index (χ4n) is 5.89. The van der Waals surface area contributed by atoms with Crippen molar-refractivity contribution in [1.29, 1.82) is 0 Å². The molecule has 6 nitrogen and oxygen atoms in total. The molecule has 2 atom stereocenters. The Balaban J connectivity index is 1.45. The number of carbonyl (C=O) groups excluding carboxylic acids is 2. The van der Waals surface area contributed by atoms with Gasteiger partial charge in [-0.2, -0.15) is 0 Å². The van der Waals surface area contributed by atoms with Gasteiger partial charge in [0.1, 0.15) is 6.04 Å². The molecule has 0 saturated heterocycles. The van der Waals surface area contributed by atoms with Crippen LogP contribution in [0.3, 0.4) is 0 Å².